The van der Waals surface area contributed by atoms with Crippen molar-refractivity contribution in [1.29, 1.82) is 0 Å². The van der Waals surface area contributed by atoms with Crippen molar-refractivity contribution in [1.82, 2.24) is 10.1 Å². The molecule has 0 unspecified atom stereocenters. The molecule has 0 amide bonds. The fourth-order valence-corrected chi connectivity index (χ4v) is 3.77. The predicted octanol–water partition coefficient (Wildman–Crippen LogP) is 4.02. The van der Waals surface area contributed by atoms with Gasteiger partial charge in [-0.3, -0.25) is 4.90 Å². The third-order valence-corrected chi connectivity index (χ3v) is 5.06. The lowest BCUT2D eigenvalue weighted by Gasteiger charge is -2.20. The van der Waals surface area contributed by atoms with Crippen LogP contribution in [0, 0.1) is 0 Å². The summed E-state index contributed by atoms with van der Waals surface area (Å²) in [7, 11) is 2.10. The van der Waals surface area contributed by atoms with Gasteiger partial charge in [-0.15, -0.1) is 0 Å². The summed E-state index contributed by atoms with van der Waals surface area (Å²) < 4.78 is 17.3. The van der Waals surface area contributed by atoms with Crippen LogP contribution in [0.15, 0.2) is 21.1 Å². The van der Waals surface area contributed by atoms with Gasteiger partial charge in [0.05, 0.1) is 6.54 Å². The molecule has 24 heavy (non-hydrogen) atoms. The van der Waals surface area contributed by atoms with E-state index < -0.39 is 0 Å². The molecule has 0 bridgehead atoms. The molecule has 3 heterocycles. The minimum absolute atomic E-state index is 0.139. The number of hydrogen-bond acceptors (Lipinski definition) is 5. The lowest BCUT2D eigenvalue weighted by atomic mass is 9.96. The highest BCUT2D eigenvalue weighted by Gasteiger charge is 2.22. The van der Waals surface area contributed by atoms with Crippen molar-refractivity contribution < 1.29 is 13.7 Å². The van der Waals surface area contributed by atoms with Crippen molar-refractivity contribution in [2.24, 2.45) is 0 Å². The number of rotatable bonds is 5. The van der Waals surface area contributed by atoms with Crippen LogP contribution in [0.2, 0.25) is 0 Å². The van der Waals surface area contributed by atoms with E-state index in [1.807, 2.05) is 0 Å². The standard InChI is InChI=1S/C19H26N2O3/c1-21(13-16-15-6-2-3-7-17(15)24-20-16)12-14-9-10-19(23-14)18-8-4-5-11-22-18/h9-10,18H,2-8,11-13H2,1H3/t18-/m1/s1. The molecule has 2 aliphatic rings. The van der Waals surface area contributed by atoms with Crippen LogP contribution < -0.4 is 0 Å². The van der Waals surface area contributed by atoms with Crippen LogP contribution in [0.1, 0.15) is 66.7 Å². The van der Waals surface area contributed by atoms with Gasteiger partial charge in [-0.2, -0.15) is 0 Å². The summed E-state index contributed by atoms with van der Waals surface area (Å²) >= 11 is 0. The van der Waals surface area contributed by atoms with E-state index in [-0.39, 0.29) is 6.10 Å². The van der Waals surface area contributed by atoms with E-state index in [2.05, 4.69) is 29.2 Å². The maximum atomic E-state index is 6.02. The van der Waals surface area contributed by atoms with Crippen molar-refractivity contribution >= 4 is 0 Å². The van der Waals surface area contributed by atoms with Gasteiger partial charge in [0.15, 0.2) is 0 Å². The van der Waals surface area contributed by atoms with Crippen molar-refractivity contribution in [2.45, 2.75) is 64.1 Å². The van der Waals surface area contributed by atoms with Crippen LogP contribution in [-0.2, 0) is 30.7 Å². The predicted molar refractivity (Wildman–Crippen MR) is 89.6 cm³/mol. The fourth-order valence-electron chi connectivity index (χ4n) is 3.77. The molecule has 0 spiro atoms. The maximum absolute atomic E-state index is 6.02. The van der Waals surface area contributed by atoms with Gasteiger partial charge in [-0.05, 0) is 57.7 Å². The zero-order valence-corrected chi connectivity index (χ0v) is 14.4. The van der Waals surface area contributed by atoms with Gasteiger partial charge in [0.25, 0.3) is 0 Å². The molecule has 0 radical (unpaired) electrons. The summed E-state index contributed by atoms with van der Waals surface area (Å²) in [4.78, 5) is 2.23. The monoisotopic (exact) mass is 330 g/mol. The molecular weight excluding hydrogens is 304 g/mol. The summed E-state index contributed by atoms with van der Waals surface area (Å²) in [5.74, 6) is 3.05. The second-order valence-corrected chi connectivity index (χ2v) is 7.07. The van der Waals surface area contributed by atoms with Gasteiger partial charge in [0.1, 0.15) is 29.1 Å². The molecule has 1 saturated heterocycles. The smallest absolute Gasteiger partial charge is 0.140 e. The van der Waals surface area contributed by atoms with Crippen LogP contribution >= 0.6 is 0 Å². The van der Waals surface area contributed by atoms with E-state index in [4.69, 9.17) is 13.7 Å². The first-order chi connectivity index (χ1) is 11.8. The Hall–Kier alpha value is -1.59. The van der Waals surface area contributed by atoms with Crippen molar-refractivity contribution in [3.63, 3.8) is 0 Å². The van der Waals surface area contributed by atoms with Gasteiger partial charge in [0, 0.05) is 25.1 Å². The number of furan rings is 1. The molecule has 0 N–H and O–H groups in total. The second-order valence-electron chi connectivity index (χ2n) is 7.07. The van der Waals surface area contributed by atoms with E-state index in [0.717, 1.165) is 68.4 Å². The Bertz CT molecular complexity index is 670. The van der Waals surface area contributed by atoms with Gasteiger partial charge >= 0.3 is 0 Å². The molecule has 1 aliphatic heterocycles. The number of fused-ring (bicyclic) bond motifs is 1. The Balaban J connectivity index is 1.37. The van der Waals surface area contributed by atoms with E-state index in [0.29, 0.717) is 0 Å². The molecule has 1 aliphatic carbocycles. The third-order valence-electron chi connectivity index (χ3n) is 5.06. The summed E-state index contributed by atoms with van der Waals surface area (Å²) in [6.07, 6.45) is 8.19. The van der Waals surface area contributed by atoms with Crippen molar-refractivity contribution in [3.05, 3.63) is 40.7 Å². The van der Waals surface area contributed by atoms with Gasteiger partial charge < -0.3 is 13.7 Å². The molecule has 0 saturated carbocycles. The highest BCUT2D eigenvalue weighted by molar-refractivity contribution is 5.25. The van der Waals surface area contributed by atoms with Crippen molar-refractivity contribution in [3.8, 4) is 0 Å². The molecule has 4 rings (SSSR count). The Morgan fingerprint density at radius 2 is 2.04 bits per heavy atom. The van der Waals surface area contributed by atoms with Crippen LogP contribution in [0.25, 0.3) is 0 Å². The minimum atomic E-state index is 0.139. The van der Waals surface area contributed by atoms with Crippen molar-refractivity contribution in [2.75, 3.05) is 13.7 Å². The zero-order chi connectivity index (χ0) is 16.4. The number of aryl methyl sites for hydroxylation is 1. The number of hydrogen-bond donors (Lipinski definition) is 0. The lowest BCUT2D eigenvalue weighted by Crippen LogP contribution is -2.18. The topological polar surface area (TPSA) is 51.6 Å². The molecule has 5 nitrogen and oxygen atoms in total. The summed E-state index contributed by atoms with van der Waals surface area (Å²) in [6.45, 7) is 2.42. The quantitative estimate of drug-likeness (QED) is 0.829. The molecule has 0 aromatic carbocycles. The maximum Gasteiger partial charge on any atom is 0.140 e. The first-order valence-corrected chi connectivity index (χ1v) is 9.14. The first kappa shape index (κ1) is 15.9. The van der Waals surface area contributed by atoms with Crippen LogP contribution in [0.3, 0.4) is 0 Å². The summed E-state index contributed by atoms with van der Waals surface area (Å²) in [5.41, 5.74) is 2.43. The lowest BCUT2D eigenvalue weighted by molar-refractivity contribution is 0.000902. The van der Waals surface area contributed by atoms with E-state index in [1.54, 1.807) is 0 Å². The van der Waals surface area contributed by atoms with E-state index >= 15 is 0 Å². The molecule has 5 heteroatoms. The number of ether oxygens (including phenoxy) is 1. The molecule has 2 aromatic rings. The Labute approximate surface area is 142 Å². The van der Waals surface area contributed by atoms with Crippen LogP contribution in [-0.4, -0.2) is 23.7 Å². The summed E-state index contributed by atoms with van der Waals surface area (Å²) in [6, 6.07) is 4.14. The average molecular weight is 330 g/mol. The minimum Gasteiger partial charge on any atom is -0.462 e. The first-order valence-electron chi connectivity index (χ1n) is 9.14. The Kier molecular flexibility index (Phi) is 4.72. The molecular formula is C19H26N2O3. The molecule has 1 fully saturated rings. The highest BCUT2D eigenvalue weighted by Crippen LogP contribution is 2.29. The molecule has 130 valence electrons. The second kappa shape index (κ2) is 7.11. The fraction of sp³-hybridized carbons (Fsp3) is 0.632. The number of aromatic nitrogens is 1. The third kappa shape index (κ3) is 3.42. The largest absolute Gasteiger partial charge is 0.462 e. The van der Waals surface area contributed by atoms with Gasteiger partial charge in [0.2, 0.25) is 0 Å². The van der Waals surface area contributed by atoms with E-state index in [1.165, 1.54) is 24.8 Å². The highest BCUT2D eigenvalue weighted by atomic mass is 16.5. The van der Waals surface area contributed by atoms with Crippen LogP contribution in [0.4, 0.5) is 0 Å². The molecule has 1 atom stereocenters. The average Bonchev–Trinajstić information content (AvgIpc) is 3.23. The van der Waals surface area contributed by atoms with Gasteiger partial charge in [-0.1, -0.05) is 5.16 Å². The van der Waals surface area contributed by atoms with Crippen LogP contribution in [0.5, 0.6) is 0 Å². The normalized spacial score (nSPS) is 21.2. The SMILES string of the molecule is CN(Cc1ccc([C@H]2CCCCO2)o1)Cc1noc2c1CCCC2. The zero-order valence-electron chi connectivity index (χ0n) is 14.4. The van der Waals surface area contributed by atoms with Gasteiger partial charge in [-0.25, -0.2) is 0 Å². The molecule has 2 aromatic heterocycles. The Morgan fingerprint density at radius 1 is 1.12 bits per heavy atom. The number of nitrogens with zero attached hydrogens (tertiary/aromatic N) is 2. The Morgan fingerprint density at radius 3 is 2.92 bits per heavy atom. The van der Waals surface area contributed by atoms with E-state index in [9.17, 15) is 0 Å². The summed E-state index contributed by atoms with van der Waals surface area (Å²) in [5, 5.41) is 4.29.